The molecule has 144 valence electrons. The van der Waals surface area contributed by atoms with Crippen molar-refractivity contribution in [1.82, 2.24) is 19.9 Å². The van der Waals surface area contributed by atoms with Crippen LogP contribution in [0.25, 0.3) is 10.9 Å². The molecule has 0 saturated carbocycles. The molecule has 1 heterocycles. The Labute approximate surface area is 169 Å². The van der Waals surface area contributed by atoms with E-state index in [-0.39, 0.29) is 13.1 Å². The Bertz CT molecular complexity index is 1120. The highest BCUT2D eigenvalue weighted by atomic mass is 35.5. The summed E-state index contributed by atoms with van der Waals surface area (Å²) in [4.78, 5) is 38.1. The molecule has 0 spiro atoms. The quantitative estimate of drug-likeness (QED) is 0.683. The van der Waals surface area contributed by atoms with Gasteiger partial charge in [0.25, 0.3) is 5.56 Å². The van der Waals surface area contributed by atoms with Crippen LogP contribution in [0.4, 0.5) is 5.69 Å². The molecule has 0 radical (unpaired) electrons. The molecule has 0 fully saturated rings. The summed E-state index contributed by atoms with van der Waals surface area (Å²) in [7, 11) is 1.45. The molecule has 0 aliphatic rings. The first-order valence-corrected chi connectivity index (χ1v) is 8.92. The van der Waals surface area contributed by atoms with Crippen LogP contribution < -0.4 is 10.9 Å². The van der Waals surface area contributed by atoms with Gasteiger partial charge in [-0.05, 0) is 30.3 Å². The van der Waals surface area contributed by atoms with Crippen molar-refractivity contribution in [1.29, 1.82) is 0 Å². The first kappa shape index (κ1) is 19.8. The molecular weight excluding hydrogens is 405 g/mol. The third kappa shape index (κ3) is 4.47. The Balaban J connectivity index is 1.64. The lowest BCUT2D eigenvalue weighted by Gasteiger charge is -2.17. The summed E-state index contributed by atoms with van der Waals surface area (Å²) in [6.45, 7) is -0.540. The Morgan fingerprint density at radius 1 is 1.14 bits per heavy atom. The molecule has 0 bridgehead atoms. The summed E-state index contributed by atoms with van der Waals surface area (Å²) >= 11 is 11.7. The lowest BCUT2D eigenvalue weighted by atomic mass is 10.2. The summed E-state index contributed by atoms with van der Waals surface area (Å²) < 4.78 is 0.970. The summed E-state index contributed by atoms with van der Waals surface area (Å²) in [5.41, 5.74) is 0.482. The smallest absolute Gasteiger partial charge is 0.278 e. The van der Waals surface area contributed by atoms with Crippen LogP contribution >= 0.6 is 23.2 Å². The van der Waals surface area contributed by atoms with Gasteiger partial charge in [0.2, 0.25) is 11.8 Å². The molecule has 0 saturated heterocycles. The van der Waals surface area contributed by atoms with Gasteiger partial charge in [-0.1, -0.05) is 40.5 Å². The fraction of sp³-hybridized carbons (Fsp3) is 0.167. The minimum atomic E-state index is -0.462. The zero-order chi connectivity index (χ0) is 20.3. The van der Waals surface area contributed by atoms with Gasteiger partial charge in [0, 0.05) is 12.7 Å². The Morgan fingerprint density at radius 3 is 2.64 bits per heavy atom. The Morgan fingerprint density at radius 2 is 1.89 bits per heavy atom. The van der Waals surface area contributed by atoms with Crippen molar-refractivity contribution in [2.24, 2.45) is 0 Å². The van der Waals surface area contributed by atoms with Gasteiger partial charge >= 0.3 is 0 Å². The van der Waals surface area contributed by atoms with Crippen LogP contribution in [0.1, 0.15) is 0 Å². The van der Waals surface area contributed by atoms with Gasteiger partial charge in [0.1, 0.15) is 12.1 Å². The molecule has 10 heteroatoms. The van der Waals surface area contributed by atoms with Crippen molar-refractivity contribution >= 4 is 51.6 Å². The van der Waals surface area contributed by atoms with Gasteiger partial charge < -0.3 is 10.2 Å². The molecule has 0 atom stereocenters. The number of nitrogens with zero attached hydrogens (tertiary/aromatic N) is 4. The molecule has 28 heavy (non-hydrogen) atoms. The van der Waals surface area contributed by atoms with Crippen LogP contribution in [-0.4, -0.2) is 45.3 Å². The second-order valence-corrected chi connectivity index (χ2v) is 6.81. The zero-order valence-electron chi connectivity index (χ0n) is 14.7. The molecule has 2 aromatic carbocycles. The monoisotopic (exact) mass is 419 g/mol. The molecule has 1 N–H and O–H groups in total. The largest absolute Gasteiger partial charge is 0.335 e. The van der Waals surface area contributed by atoms with Gasteiger partial charge in [-0.15, -0.1) is 5.10 Å². The number of nitrogens with one attached hydrogen (secondary N) is 1. The minimum absolute atomic E-state index is 0.213. The molecule has 0 aliphatic heterocycles. The van der Waals surface area contributed by atoms with E-state index in [9.17, 15) is 14.4 Å². The number of amides is 2. The molecule has 8 nitrogen and oxygen atoms in total. The minimum Gasteiger partial charge on any atom is -0.335 e. The van der Waals surface area contributed by atoms with E-state index in [1.807, 2.05) is 0 Å². The van der Waals surface area contributed by atoms with Crippen LogP contribution in [0.2, 0.25) is 10.0 Å². The van der Waals surface area contributed by atoms with Gasteiger partial charge in [0.05, 0.1) is 22.0 Å². The number of benzene rings is 2. The van der Waals surface area contributed by atoms with Crippen LogP contribution in [0.5, 0.6) is 0 Å². The van der Waals surface area contributed by atoms with Crippen LogP contribution in [0.3, 0.4) is 0 Å². The maximum Gasteiger partial charge on any atom is 0.278 e. The average molecular weight is 420 g/mol. The molecule has 0 unspecified atom stereocenters. The number of likely N-dealkylation sites (N-methyl/N-ethyl adjacent to an activating group) is 1. The second kappa shape index (κ2) is 8.37. The van der Waals surface area contributed by atoms with E-state index in [2.05, 4.69) is 15.6 Å². The summed E-state index contributed by atoms with van der Waals surface area (Å²) in [5, 5.41) is 11.4. The zero-order valence-corrected chi connectivity index (χ0v) is 16.2. The molecule has 1 aromatic heterocycles. The first-order chi connectivity index (χ1) is 13.3. The van der Waals surface area contributed by atoms with Gasteiger partial charge in [0.15, 0.2) is 0 Å². The first-order valence-electron chi connectivity index (χ1n) is 8.16. The van der Waals surface area contributed by atoms with E-state index >= 15 is 0 Å². The Kier molecular flexibility index (Phi) is 5.91. The van der Waals surface area contributed by atoms with E-state index in [4.69, 9.17) is 23.2 Å². The maximum atomic E-state index is 12.4. The van der Waals surface area contributed by atoms with E-state index < -0.39 is 17.4 Å². The van der Waals surface area contributed by atoms with Gasteiger partial charge in [-0.3, -0.25) is 14.4 Å². The number of rotatable bonds is 5. The number of carbonyl (C=O) groups is 2. The van der Waals surface area contributed by atoms with Crippen molar-refractivity contribution < 1.29 is 9.59 Å². The highest BCUT2D eigenvalue weighted by Gasteiger charge is 2.16. The fourth-order valence-corrected chi connectivity index (χ4v) is 2.75. The van der Waals surface area contributed by atoms with Gasteiger partial charge in [-0.2, -0.15) is 0 Å². The number of hydrogen-bond acceptors (Lipinski definition) is 5. The number of carbonyl (C=O) groups excluding carboxylic acids is 2. The third-order valence-electron chi connectivity index (χ3n) is 3.92. The SMILES string of the molecule is CN(CC(=O)Nc1ccc(Cl)c(Cl)c1)C(=O)Cn1nnc2ccccc2c1=O. The standard InChI is InChI=1S/C18H15Cl2N5O3/c1-24(9-16(26)21-11-6-7-13(19)14(20)8-11)17(27)10-25-18(28)12-4-2-3-5-15(12)22-23-25/h2-8H,9-10H2,1H3,(H,21,26). The predicted octanol–water partition coefficient (Wildman–Crippen LogP) is 2.20. The van der Waals surface area contributed by atoms with Crippen molar-refractivity contribution in [2.75, 3.05) is 18.9 Å². The number of aromatic nitrogens is 3. The summed E-state index contributed by atoms with van der Waals surface area (Å²) in [6, 6.07) is 11.4. The van der Waals surface area contributed by atoms with Crippen molar-refractivity contribution in [3.8, 4) is 0 Å². The Hall–Kier alpha value is -2.97. The maximum absolute atomic E-state index is 12.4. The summed E-state index contributed by atoms with van der Waals surface area (Å²) in [5.74, 6) is -0.887. The summed E-state index contributed by atoms with van der Waals surface area (Å²) in [6.07, 6.45) is 0. The lowest BCUT2D eigenvalue weighted by molar-refractivity contribution is -0.134. The second-order valence-electron chi connectivity index (χ2n) is 6.00. The number of fused-ring (bicyclic) bond motifs is 1. The highest BCUT2D eigenvalue weighted by molar-refractivity contribution is 6.42. The van der Waals surface area contributed by atoms with E-state index in [1.165, 1.54) is 18.0 Å². The van der Waals surface area contributed by atoms with Crippen LogP contribution in [-0.2, 0) is 16.1 Å². The molecule has 2 amide bonds. The average Bonchev–Trinajstić information content (AvgIpc) is 2.67. The van der Waals surface area contributed by atoms with Crippen molar-refractivity contribution in [3.05, 3.63) is 62.9 Å². The van der Waals surface area contributed by atoms with Crippen molar-refractivity contribution in [3.63, 3.8) is 0 Å². The van der Waals surface area contributed by atoms with E-state index in [0.717, 1.165) is 4.68 Å². The normalized spacial score (nSPS) is 10.7. The lowest BCUT2D eigenvalue weighted by Crippen LogP contribution is -2.39. The fourth-order valence-electron chi connectivity index (χ4n) is 2.45. The van der Waals surface area contributed by atoms with Crippen LogP contribution in [0, 0.1) is 0 Å². The number of halogens is 2. The van der Waals surface area contributed by atoms with Crippen molar-refractivity contribution in [2.45, 2.75) is 6.54 Å². The third-order valence-corrected chi connectivity index (χ3v) is 4.66. The number of hydrogen-bond donors (Lipinski definition) is 1. The van der Waals surface area contributed by atoms with E-state index in [0.29, 0.717) is 26.6 Å². The van der Waals surface area contributed by atoms with E-state index in [1.54, 1.807) is 36.4 Å². The van der Waals surface area contributed by atoms with Gasteiger partial charge in [-0.25, -0.2) is 4.68 Å². The predicted molar refractivity (Wildman–Crippen MR) is 107 cm³/mol. The molecular formula is C18H15Cl2N5O3. The number of anilines is 1. The molecule has 3 rings (SSSR count). The van der Waals surface area contributed by atoms with Crippen LogP contribution in [0.15, 0.2) is 47.3 Å². The topological polar surface area (TPSA) is 97.2 Å². The highest BCUT2D eigenvalue weighted by Crippen LogP contribution is 2.24. The molecule has 3 aromatic rings. The molecule has 0 aliphatic carbocycles.